The van der Waals surface area contributed by atoms with Crippen LogP contribution < -0.4 is 16.8 Å². The predicted molar refractivity (Wildman–Crippen MR) is 131 cm³/mol. The van der Waals surface area contributed by atoms with Crippen LogP contribution in [0.15, 0.2) is 78.9 Å². The fourth-order valence-electron chi connectivity index (χ4n) is 3.86. The fraction of sp³-hybridized carbons (Fsp3) is 0.111. The van der Waals surface area contributed by atoms with Crippen LogP contribution in [0.25, 0.3) is 10.8 Å². The topological polar surface area (TPSA) is 105 Å². The standard InChI is InChI=1S/C27H26N4O/c1-17-4-2-3-5-21(17)14-19-8-12-23-22(15-19)11-13-24(28)25(23)27(32)31-16-18-6-9-20(10-7-18)26(29)30/h2-13,15H,14,16,28H2,1H3,(H3,29,30)(H,31,32). The lowest BCUT2D eigenvalue weighted by atomic mass is 9.96. The lowest BCUT2D eigenvalue weighted by molar-refractivity contribution is 0.0953. The highest BCUT2D eigenvalue weighted by Gasteiger charge is 2.14. The molecule has 5 heteroatoms. The smallest absolute Gasteiger partial charge is 0.254 e. The Morgan fingerprint density at radius 2 is 1.66 bits per heavy atom. The van der Waals surface area contributed by atoms with Gasteiger partial charge in [0.05, 0.1) is 5.56 Å². The number of nitrogen functional groups attached to an aromatic ring is 2. The van der Waals surface area contributed by atoms with Gasteiger partial charge in [0, 0.05) is 17.8 Å². The van der Waals surface area contributed by atoms with Crippen LogP contribution in [0.2, 0.25) is 0 Å². The number of rotatable bonds is 6. The van der Waals surface area contributed by atoms with Crippen molar-refractivity contribution in [2.45, 2.75) is 19.9 Å². The molecule has 0 saturated carbocycles. The zero-order valence-corrected chi connectivity index (χ0v) is 18.0. The van der Waals surface area contributed by atoms with Crippen LogP contribution in [0.5, 0.6) is 0 Å². The monoisotopic (exact) mass is 422 g/mol. The largest absolute Gasteiger partial charge is 0.398 e. The summed E-state index contributed by atoms with van der Waals surface area (Å²) in [5.41, 5.74) is 17.9. The van der Waals surface area contributed by atoms with Gasteiger partial charge >= 0.3 is 0 Å². The number of carbonyl (C=O) groups excluding carboxylic acids is 1. The number of hydrogen-bond donors (Lipinski definition) is 4. The van der Waals surface area contributed by atoms with Crippen molar-refractivity contribution in [3.05, 3.63) is 112 Å². The first-order chi connectivity index (χ1) is 15.4. The zero-order chi connectivity index (χ0) is 22.7. The van der Waals surface area contributed by atoms with Crippen molar-refractivity contribution in [1.82, 2.24) is 5.32 Å². The molecule has 0 bridgehead atoms. The van der Waals surface area contributed by atoms with E-state index < -0.39 is 0 Å². The molecule has 0 radical (unpaired) electrons. The van der Waals surface area contributed by atoms with Crippen LogP contribution in [0, 0.1) is 12.3 Å². The maximum atomic E-state index is 13.0. The number of anilines is 1. The second kappa shape index (κ2) is 8.94. The molecule has 4 aromatic rings. The van der Waals surface area contributed by atoms with E-state index in [2.05, 4.69) is 42.6 Å². The quantitative estimate of drug-likeness (QED) is 0.208. The predicted octanol–water partition coefficient (Wildman–Crippen LogP) is 4.54. The van der Waals surface area contributed by atoms with E-state index >= 15 is 0 Å². The molecule has 0 atom stereocenters. The molecule has 0 heterocycles. The minimum absolute atomic E-state index is 0.0194. The minimum atomic E-state index is -0.213. The summed E-state index contributed by atoms with van der Waals surface area (Å²) in [6.45, 7) is 2.48. The number of nitrogens with one attached hydrogen (secondary N) is 2. The third-order valence-corrected chi connectivity index (χ3v) is 5.72. The molecule has 4 aromatic carbocycles. The summed E-state index contributed by atoms with van der Waals surface area (Å²) >= 11 is 0. The number of carbonyl (C=O) groups is 1. The number of amidine groups is 1. The minimum Gasteiger partial charge on any atom is -0.398 e. The lowest BCUT2D eigenvalue weighted by Crippen LogP contribution is -2.24. The van der Waals surface area contributed by atoms with E-state index in [0.29, 0.717) is 23.4 Å². The molecular formula is C27H26N4O. The highest BCUT2D eigenvalue weighted by molar-refractivity contribution is 6.11. The molecule has 0 aliphatic carbocycles. The third-order valence-electron chi connectivity index (χ3n) is 5.72. The molecule has 1 amide bonds. The molecule has 0 spiro atoms. The maximum absolute atomic E-state index is 13.0. The van der Waals surface area contributed by atoms with Crippen molar-refractivity contribution in [1.29, 1.82) is 5.41 Å². The second-order valence-corrected chi connectivity index (χ2v) is 7.98. The van der Waals surface area contributed by atoms with Crippen LogP contribution in [0.4, 0.5) is 5.69 Å². The maximum Gasteiger partial charge on any atom is 0.254 e. The Kier molecular flexibility index (Phi) is 5.90. The Morgan fingerprint density at radius 3 is 2.38 bits per heavy atom. The van der Waals surface area contributed by atoms with Crippen LogP contribution in [0.3, 0.4) is 0 Å². The second-order valence-electron chi connectivity index (χ2n) is 7.98. The molecule has 0 aliphatic rings. The Hall–Kier alpha value is -4.12. The summed E-state index contributed by atoms with van der Waals surface area (Å²) in [6.07, 6.45) is 0.838. The van der Waals surface area contributed by atoms with Crippen molar-refractivity contribution in [3.63, 3.8) is 0 Å². The molecule has 5 nitrogen and oxygen atoms in total. The molecule has 32 heavy (non-hydrogen) atoms. The molecule has 0 saturated heterocycles. The number of hydrogen-bond acceptors (Lipinski definition) is 3. The van der Waals surface area contributed by atoms with Crippen LogP contribution in [-0.4, -0.2) is 11.7 Å². The Morgan fingerprint density at radius 1 is 0.938 bits per heavy atom. The fourth-order valence-corrected chi connectivity index (χ4v) is 3.86. The molecule has 160 valence electrons. The van der Waals surface area contributed by atoms with E-state index in [-0.39, 0.29) is 11.7 Å². The van der Waals surface area contributed by atoms with Gasteiger partial charge in [-0.3, -0.25) is 10.2 Å². The molecule has 0 aromatic heterocycles. The van der Waals surface area contributed by atoms with Crippen LogP contribution in [-0.2, 0) is 13.0 Å². The van der Waals surface area contributed by atoms with Gasteiger partial charge in [-0.25, -0.2) is 0 Å². The third kappa shape index (κ3) is 4.47. The van der Waals surface area contributed by atoms with Crippen molar-refractivity contribution < 1.29 is 4.79 Å². The van der Waals surface area contributed by atoms with E-state index in [0.717, 1.165) is 22.8 Å². The van der Waals surface area contributed by atoms with Gasteiger partial charge in [0.1, 0.15) is 5.84 Å². The first kappa shape index (κ1) is 21.1. The Bertz CT molecular complexity index is 1310. The van der Waals surface area contributed by atoms with Crippen LogP contribution >= 0.6 is 0 Å². The summed E-state index contributed by atoms with van der Waals surface area (Å²) in [4.78, 5) is 13.0. The zero-order valence-electron chi connectivity index (χ0n) is 18.0. The molecule has 0 fully saturated rings. The number of nitrogens with two attached hydrogens (primary N) is 2. The summed E-state index contributed by atoms with van der Waals surface area (Å²) in [6, 6.07) is 25.5. The Labute approximate surface area is 187 Å². The highest BCUT2D eigenvalue weighted by Crippen LogP contribution is 2.27. The number of benzene rings is 4. The van der Waals surface area contributed by atoms with E-state index in [9.17, 15) is 4.79 Å². The normalized spacial score (nSPS) is 10.8. The summed E-state index contributed by atoms with van der Waals surface area (Å²) in [5.74, 6) is -0.193. The van der Waals surface area contributed by atoms with Gasteiger partial charge in [0.25, 0.3) is 5.91 Å². The average molecular weight is 423 g/mol. The first-order valence-corrected chi connectivity index (χ1v) is 10.5. The summed E-state index contributed by atoms with van der Waals surface area (Å²) in [7, 11) is 0. The number of fused-ring (bicyclic) bond motifs is 1. The molecule has 4 rings (SSSR count). The lowest BCUT2D eigenvalue weighted by Gasteiger charge is -2.13. The van der Waals surface area contributed by atoms with Crippen molar-refractivity contribution in [3.8, 4) is 0 Å². The molecule has 6 N–H and O–H groups in total. The average Bonchev–Trinajstić information content (AvgIpc) is 2.79. The first-order valence-electron chi connectivity index (χ1n) is 10.5. The van der Waals surface area contributed by atoms with Gasteiger partial charge in [-0.1, -0.05) is 72.8 Å². The van der Waals surface area contributed by atoms with Gasteiger partial charge in [-0.15, -0.1) is 0 Å². The summed E-state index contributed by atoms with van der Waals surface area (Å²) < 4.78 is 0. The van der Waals surface area contributed by atoms with E-state index in [1.54, 1.807) is 18.2 Å². The molecular weight excluding hydrogens is 396 g/mol. The van der Waals surface area contributed by atoms with Crippen LogP contribution in [0.1, 0.15) is 38.2 Å². The number of amides is 1. The van der Waals surface area contributed by atoms with E-state index in [1.807, 2.05) is 30.3 Å². The van der Waals surface area contributed by atoms with Crippen molar-refractivity contribution in [2.24, 2.45) is 5.73 Å². The van der Waals surface area contributed by atoms with Gasteiger partial charge in [-0.05, 0) is 52.4 Å². The molecule has 0 unspecified atom stereocenters. The van der Waals surface area contributed by atoms with Crippen molar-refractivity contribution >= 4 is 28.2 Å². The van der Waals surface area contributed by atoms with Gasteiger partial charge in [0.15, 0.2) is 0 Å². The molecule has 0 aliphatic heterocycles. The van der Waals surface area contributed by atoms with Crippen molar-refractivity contribution in [2.75, 3.05) is 5.73 Å². The Balaban J connectivity index is 1.56. The number of aryl methyl sites for hydroxylation is 1. The van der Waals surface area contributed by atoms with E-state index in [4.69, 9.17) is 16.9 Å². The highest BCUT2D eigenvalue weighted by atomic mass is 16.1. The van der Waals surface area contributed by atoms with E-state index in [1.165, 1.54) is 16.7 Å². The van der Waals surface area contributed by atoms with Gasteiger partial charge in [-0.2, -0.15) is 0 Å². The summed E-state index contributed by atoms with van der Waals surface area (Å²) in [5, 5.41) is 12.2. The van der Waals surface area contributed by atoms with Gasteiger partial charge < -0.3 is 16.8 Å². The SMILES string of the molecule is Cc1ccccc1Cc1ccc2c(C(=O)NCc3ccc(C(=N)N)cc3)c(N)ccc2c1. The van der Waals surface area contributed by atoms with Gasteiger partial charge in [0.2, 0.25) is 0 Å².